The Hall–Kier alpha value is -1.07. The van der Waals surface area contributed by atoms with Crippen LogP contribution in [-0.4, -0.2) is 41.4 Å². The summed E-state index contributed by atoms with van der Waals surface area (Å²) in [4.78, 5) is 6.76. The minimum Gasteiger partial charge on any atom is -0.373 e. The zero-order valence-corrected chi connectivity index (χ0v) is 11.4. The highest BCUT2D eigenvalue weighted by Crippen LogP contribution is 2.17. The third-order valence-corrected chi connectivity index (χ3v) is 3.41. The Morgan fingerprint density at radius 2 is 2.44 bits per heavy atom. The molecule has 18 heavy (non-hydrogen) atoms. The number of nitrogens with zero attached hydrogens (tertiary/aromatic N) is 3. The zero-order valence-electron chi connectivity index (χ0n) is 11.4. The molecule has 0 saturated carbocycles. The van der Waals surface area contributed by atoms with Gasteiger partial charge in [0.25, 0.3) is 0 Å². The Bertz CT molecular complexity index is 364. The Labute approximate surface area is 109 Å². The van der Waals surface area contributed by atoms with Crippen molar-refractivity contribution in [2.24, 2.45) is 5.73 Å². The van der Waals surface area contributed by atoms with Crippen molar-refractivity contribution in [3.8, 4) is 0 Å². The van der Waals surface area contributed by atoms with E-state index in [1.807, 2.05) is 13.1 Å². The third-order valence-electron chi connectivity index (χ3n) is 3.41. The van der Waals surface area contributed by atoms with Crippen molar-refractivity contribution in [2.75, 3.05) is 24.6 Å². The van der Waals surface area contributed by atoms with E-state index in [0.717, 1.165) is 32.2 Å². The van der Waals surface area contributed by atoms with Gasteiger partial charge in [0.1, 0.15) is 0 Å². The molecule has 0 aliphatic carbocycles. The predicted octanol–water partition coefficient (Wildman–Crippen LogP) is 1.24. The van der Waals surface area contributed by atoms with Gasteiger partial charge < -0.3 is 19.9 Å². The van der Waals surface area contributed by atoms with Gasteiger partial charge in [0.2, 0.25) is 5.95 Å². The van der Waals surface area contributed by atoms with Gasteiger partial charge in [-0.2, -0.15) is 0 Å². The Balaban J connectivity index is 2.04. The van der Waals surface area contributed by atoms with Gasteiger partial charge in [-0.25, -0.2) is 4.98 Å². The summed E-state index contributed by atoms with van der Waals surface area (Å²) in [7, 11) is 0. The Kier molecular flexibility index (Phi) is 4.60. The van der Waals surface area contributed by atoms with Crippen molar-refractivity contribution in [1.82, 2.24) is 9.55 Å². The molecule has 0 aromatic carbocycles. The molecule has 5 nitrogen and oxygen atoms in total. The van der Waals surface area contributed by atoms with Gasteiger partial charge in [-0.3, -0.25) is 0 Å². The van der Waals surface area contributed by atoms with Crippen molar-refractivity contribution in [3.63, 3.8) is 0 Å². The van der Waals surface area contributed by atoms with E-state index in [-0.39, 0.29) is 12.1 Å². The number of rotatable bonds is 5. The number of imidazole rings is 1. The molecule has 2 unspecified atom stereocenters. The molecule has 102 valence electrons. The summed E-state index contributed by atoms with van der Waals surface area (Å²) in [6.45, 7) is 7.70. The highest BCUT2D eigenvalue weighted by Gasteiger charge is 2.25. The molecule has 1 aromatic rings. The maximum absolute atomic E-state index is 5.92. The molecule has 5 heteroatoms. The molecule has 1 aliphatic rings. The van der Waals surface area contributed by atoms with Crippen LogP contribution in [0.5, 0.6) is 0 Å². The van der Waals surface area contributed by atoms with E-state index in [1.54, 1.807) is 0 Å². The Morgan fingerprint density at radius 1 is 1.61 bits per heavy atom. The van der Waals surface area contributed by atoms with Crippen LogP contribution in [0.1, 0.15) is 26.7 Å². The lowest BCUT2D eigenvalue weighted by Gasteiger charge is -2.35. The molecule has 0 radical (unpaired) electrons. The van der Waals surface area contributed by atoms with Gasteiger partial charge >= 0.3 is 0 Å². The molecule has 0 spiro atoms. The predicted molar refractivity (Wildman–Crippen MR) is 72.7 cm³/mol. The van der Waals surface area contributed by atoms with Gasteiger partial charge in [-0.1, -0.05) is 13.3 Å². The summed E-state index contributed by atoms with van der Waals surface area (Å²) >= 11 is 0. The summed E-state index contributed by atoms with van der Waals surface area (Å²) in [5.41, 5.74) is 5.92. The van der Waals surface area contributed by atoms with Crippen molar-refractivity contribution >= 4 is 5.95 Å². The van der Waals surface area contributed by atoms with Crippen LogP contribution in [-0.2, 0) is 11.3 Å². The number of nitrogens with two attached hydrogens (primary N) is 1. The second-order valence-corrected chi connectivity index (χ2v) is 4.99. The van der Waals surface area contributed by atoms with Crippen LogP contribution >= 0.6 is 0 Å². The first-order valence-electron chi connectivity index (χ1n) is 6.85. The third kappa shape index (κ3) is 3.03. The number of ether oxygens (including phenoxy) is 1. The van der Waals surface area contributed by atoms with E-state index in [4.69, 9.17) is 10.5 Å². The fraction of sp³-hybridized carbons (Fsp3) is 0.769. The summed E-state index contributed by atoms with van der Waals surface area (Å²) in [6.07, 6.45) is 6.42. The highest BCUT2D eigenvalue weighted by atomic mass is 16.5. The first kappa shape index (κ1) is 13.4. The second kappa shape index (κ2) is 6.20. The molecule has 2 atom stereocenters. The van der Waals surface area contributed by atoms with Crippen molar-refractivity contribution in [2.45, 2.75) is 45.4 Å². The first-order chi connectivity index (χ1) is 8.72. The summed E-state index contributed by atoms with van der Waals surface area (Å²) in [6, 6.07) is 0.0619. The highest BCUT2D eigenvalue weighted by molar-refractivity contribution is 5.32. The Morgan fingerprint density at radius 3 is 3.17 bits per heavy atom. The van der Waals surface area contributed by atoms with E-state index in [1.165, 1.54) is 12.8 Å². The van der Waals surface area contributed by atoms with Crippen LogP contribution in [0.2, 0.25) is 0 Å². The molecular weight excluding hydrogens is 228 g/mol. The molecule has 2 heterocycles. The second-order valence-electron chi connectivity index (χ2n) is 4.99. The van der Waals surface area contributed by atoms with Gasteiger partial charge in [0, 0.05) is 38.1 Å². The lowest BCUT2D eigenvalue weighted by Crippen LogP contribution is -2.50. The first-order valence-corrected chi connectivity index (χ1v) is 6.85. The van der Waals surface area contributed by atoms with Crippen molar-refractivity contribution < 1.29 is 4.74 Å². The van der Waals surface area contributed by atoms with Gasteiger partial charge in [0.15, 0.2) is 0 Å². The molecule has 2 N–H and O–H groups in total. The molecule has 1 aromatic heterocycles. The molecule has 1 saturated heterocycles. The number of aromatic nitrogens is 2. The monoisotopic (exact) mass is 252 g/mol. The largest absolute Gasteiger partial charge is 0.373 e. The fourth-order valence-electron chi connectivity index (χ4n) is 2.26. The van der Waals surface area contributed by atoms with Crippen LogP contribution in [0.25, 0.3) is 0 Å². The molecule has 0 bridgehead atoms. The minimum absolute atomic E-state index is 0.0619. The SMILES string of the molecule is CCCCn1ccnc1N1CCOC(C(C)N)C1. The number of hydrogen-bond donors (Lipinski definition) is 1. The molecule has 1 aliphatic heterocycles. The van der Waals surface area contributed by atoms with Crippen molar-refractivity contribution in [3.05, 3.63) is 12.4 Å². The van der Waals surface area contributed by atoms with Crippen LogP contribution in [0.3, 0.4) is 0 Å². The van der Waals surface area contributed by atoms with E-state index >= 15 is 0 Å². The smallest absolute Gasteiger partial charge is 0.205 e. The minimum atomic E-state index is 0.0619. The number of morpholine rings is 1. The van der Waals surface area contributed by atoms with Crippen LogP contribution in [0.4, 0.5) is 5.95 Å². The maximum Gasteiger partial charge on any atom is 0.205 e. The number of hydrogen-bond acceptors (Lipinski definition) is 4. The maximum atomic E-state index is 5.92. The van der Waals surface area contributed by atoms with Crippen LogP contribution in [0.15, 0.2) is 12.4 Å². The quantitative estimate of drug-likeness (QED) is 0.856. The lowest BCUT2D eigenvalue weighted by molar-refractivity contribution is 0.0268. The van der Waals surface area contributed by atoms with Crippen LogP contribution < -0.4 is 10.6 Å². The fourth-order valence-corrected chi connectivity index (χ4v) is 2.26. The standard InChI is InChI=1S/C13H24N4O/c1-3-4-6-16-7-5-15-13(16)17-8-9-18-12(10-17)11(2)14/h5,7,11-12H,3-4,6,8-10,14H2,1-2H3. The number of anilines is 1. The zero-order chi connectivity index (χ0) is 13.0. The molecule has 1 fully saturated rings. The summed E-state index contributed by atoms with van der Waals surface area (Å²) in [5, 5.41) is 0. The van der Waals surface area contributed by atoms with Gasteiger partial charge in [0.05, 0.1) is 12.7 Å². The van der Waals surface area contributed by atoms with Gasteiger partial charge in [-0.15, -0.1) is 0 Å². The average molecular weight is 252 g/mol. The lowest BCUT2D eigenvalue weighted by atomic mass is 10.1. The van der Waals surface area contributed by atoms with E-state index in [0.29, 0.717) is 0 Å². The molecular formula is C13H24N4O. The van der Waals surface area contributed by atoms with E-state index in [9.17, 15) is 0 Å². The summed E-state index contributed by atoms with van der Waals surface area (Å²) in [5.74, 6) is 1.05. The number of aryl methyl sites for hydroxylation is 1. The molecule has 0 amide bonds. The summed E-state index contributed by atoms with van der Waals surface area (Å²) < 4.78 is 7.91. The van der Waals surface area contributed by atoms with Gasteiger partial charge in [-0.05, 0) is 13.3 Å². The van der Waals surface area contributed by atoms with Crippen LogP contribution in [0, 0.1) is 0 Å². The van der Waals surface area contributed by atoms with E-state index in [2.05, 4.69) is 27.6 Å². The topological polar surface area (TPSA) is 56.3 Å². The van der Waals surface area contributed by atoms with E-state index < -0.39 is 0 Å². The normalized spacial score (nSPS) is 22.2. The number of unbranched alkanes of at least 4 members (excludes halogenated alkanes) is 1. The van der Waals surface area contributed by atoms with Crippen molar-refractivity contribution in [1.29, 1.82) is 0 Å². The average Bonchev–Trinajstić information content (AvgIpc) is 2.84. The molecule has 2 rings (SSSR count).